The van der Waals surface area contributed by atoms with E-state index >= 15 is 0 Å². The van der Waals surface area contributed by atoms with Gasteiger partial charge in [-0.15, -0.1) is 0 Å². The summed E-state index contributed by atoms with van der Waals surface area (Å²) in [5, 5.41) is 7.31. The third-order valence-electron chi connectivity index (χ3n) is 5.22. The standard InChI is InChI=1S/C21H28N4OS/c1-3-25-20(22-23-21(25)27)18-10-7-13-24(15-18)19(26)14-16(2)11-12-17-8-5-4-6-9-17/h4-6,8-9,14,18H,3,7,10-13,15H2,1-2H3,(H,23,27). The molecule has 0 bridgehead atoms. The second kappa shape index (κ2) is 9.13. The first-order chi connectivity index (χ1) is 13.1. The van der Waals surface area contributed by atoms with Crippen LogP contribution in [0.5, 0.6) is 0 Å². The van der Waals surface area contributed by atoms with Gasteiger partial charge in [0, 0.05) is 31.6 Å². The summed E-state index contributed by atoms with van der Waals surface area (Å²) in [6.07, 6.45) is 5.71. The summed E-state index contributed by atoms with van der Waals surface area (Å²) in [4.78, 5) is 14.7. The molecular weight excluding hydrogens is 356 g/mol. The van der Waals surface area contributed by atoms with Crippen LogP contribution in [-0.4, -0.2) is 38.7 Å². The van der Waals surface area contributed by atoms with Gasteiger partial charge in [-0.3, -0.25) is 9.89 Å². The highest BCUT2D eigenvalue weighted by Gasteiger charge is 2.27. The highest BCUT2D eigenvalue weighted by atomic mass is 32.1. The van der Waals surface area contributed by atoms with Gasteiger partial charge in [0.1, 0.15) is 5.82 Å². The molecule has 0 spiro atoms. The molecule has 1 aromatic heterocycles. The molecule has 1 fully saturated rings. The molecule has 1 N–H and O–H groups in total. The molecule has 0 aliphatic carbocycles. The third-order valence-corrected chi connectivity index (χ3v) is 5.53. The van der Waals surface area contributed by atoms with Crippen LogP contribution in [0.25, 0.3) is 0 Å². The first-order valence-corrected chi connectivity index (χ1v) is 10.1. The fraction of sp³-hybridized carbons (Fsp3) is 0.476. The number of carbonyl (C=O) groups is 1. The van der Waals surface area contributed by atoms with Gasteiger partial charge in [0.2, 0.25) is 5.91 Å². The minimum Gasteiger partial charge on any atom is -0.338 e. The normalized spacial score (nSPS) is 17.9. The van der Waals surface area contributed by atoms with Crippen LogP contribution in [0.15, 0.2) is 42.0 Å². The summed E-state index contributed by atoms with van der Waals surface area (Å²) < 4.78 is 2.70. The van der Waals surface area contributed by atoms with Crippen molar-refractivity contribution in [1.29, 1.82) is 0 Å². The van der Waals surface area contributed by atoms with E-state index in [1.165, 1.54) is 5.56 Å². The first kappa shape index (κ1) is 19.5. The van der Waals surface area contributed by atoms with Crippen LogP contribution in [0.4, 0.5) is 0 Å². The molecule has 1 aliphatic heterocycles. The molecule has 1 unspecified atom stereocenters. The number of aromatic amines is 1. The van der Waals surface area contributed by atoms with Crippen molar-refractivity contribution < 1.29 is 4.79 Å². The zero-order valence-corrected chi connectivity index (χ0v) is 17.0. The number of rotatable bonds is 6. The average molecular weight is 385 g/mol. The Morgan fingerprint density at radius 2 is 2.15 bits per heavy atom. The van der Waals surface area contributed by atoms with Crippen molar-refractivity contribution in [1.82, 2.24) is 19.7 Å². The van der Waals surface area contributed by atoms with Crippen molar-refractivity contribution in [3.8, 4) is 0 Å². The summed E-state index contributed by atoms with van der Waals surface area (Å²) in [6, 6.07) is 10.4. The maximum absolute atomic E-state index is 12.8. The number of amides is 1. The Kier molecular flexibility index (Phi) is 6.61. The second-order valence-electron chi connectivity index (χ2n) is 7.23. The largest absolute Gasteiger partial charge is 0.338 e. The van der Waals surface area contributed by atoms with Crippen LogP contribution < -0.4 is 0 Å². The summed E-state index contributed by atoms with van der Waals surface area (Å²) in [6.45, 7) is 6.44. The van der Waals surface area contributed by atoms with Crippen LogP contribution in [0.2, 0.25) is 0 Å². The number of hydrogen-bond donors (Lipinski definition) is 1. The van der Waals surface area contributed by atoms with E-state index in [1.807, 2.05) is 28.5 Å². The van der Waals surface area contributed by atoms with E-state index < -0.39 is 0 Å². The molecule has 0 saturated carbocycles. The van der Waals surface area contributed by atoms with Gasteiger partial charge in [-0.1, -0.05) is 35.9 Å². The quantitative estimate of drug-likeness (QED) is 0.598. The number of aryl methyl sites for hydroxylation is 1. The van der Waals surface area contributed by atoms with Crippen molar-refractivity contribution in [3.63, 3.8) is 0 Å². The van der Waals surface area contributed by atoms with E-state index in [4.69, 9.17) is 12.2 Å². The summed E-state index contributed by atoms with van der Waals surface area (Å²) in [7, 11) is 0. The van der Waals surface area contributed by atoms with Gasteiger partial charge in [0.05, 0.1) is 0 Å². The first-order valence-electron chi connectivity index (χ1n) is 9.73. The predicted molar refractivity (Wildman–Crippen MR) is 110 cm³/mol. The van der Waals surface area contributed by atoms with Gasteiger partial charge >= 0.3 is 0 Å². The summed E-state index contributed by atoms with van der Waals surface area (Å²) in [5.74, 6) is 1.33. The second-order valence-corrected chi connectivity index (χ2v) is 7.62. The molecule has 144 valence electrons. The lowest BCUT2D eigenvalue weighted by Crippen LogP contribution is -2.39. The van der Waals surface area contributed by atoms with Gasteiger partial charge in [0.25, 0.3) is 0 Å². The zero-order chi connectivity index (χ0) is 19.2. The van der Waals surface area contributed by atoms with E-state index in [1.54, 1.807) is 0 Å². The molecular formula is C21H28N4OS. The number of likely N-dealkylation sites (tertiary alicyclic amines) is 1. The zero-order valence-electron chi connectivity index (χ0n) is 16.1. The van der Waals surface area contributed by atoms with Crippen LogP contribution >= 0.6 is 12.2 Å². The SMILES string of the molecule is CCn1c(C2CCCN(C(=O)C=C(C)CCc3ccccc3)C2)n[nH]c1=S. The molecule has 1 aliphatic rings. The number of benzene rings is 1. The third kappa shape index (κ3) is 4.95. The Balaban J connectivity index is 1.61. The molecule has 2 aromatic rings. The van der Waals surface area contributed by atoms with Crippen molar-refractivity contribution in [3.05, 3.63) is 58.1 Å². The lowest BCUT2D eigenvalue weighted by molar-refractivity contribution is -0.127. The monoisotopic (exact) mass is 384 g/mol. The number of hydrogen-bond acceptors (Lipinski definition) is 3. The van der Waals surface area contributed by atoms with Crippen molar-refractivity contribution >= 4 is 18.1 Å². The van der Waals surface area contributed by atoms with Gasteiger partial charge < -0.3 is 9.47 Å². The molecule has 3 rings (SSSR count). The van der Waals surface area contributed by atoms with Gasteiger partial charge in [-0.25, -0.2) is 0 Å². The molecule has 1 aromatic carbocycles. The van der Waals surface area contributed by atoms with Crippen molar-refractivity contribution in [2.75, 3.05) is 13.1 Å². The van der Waals surface area contributed by atoms with Crippen molar-refractivity contribution in [2.24, 2.45) is 0 Å². The number of piperidine rings is 1. The van der Waals surface area contributed by atoms with E-state index in [0.29, 0.717) is 11.3 Å². The number of H-pyrrole nitrogens is 1. The lowest BCUT2D eigenvalue weighted by Gasteiger charge is -2.31. The Bertz CT molecular complexity index is 853. The predicted octanol–water partition coefficient (Wildman–Crippen LogP) is 4.25. The molecule has 0 radical (unpaired) electrons. The molecule has 2 heterocycles. The van der Waals surface area contributed by atoms with Crippen molar-refractivity contribution in [2.45, 2.75) is 52.0 Å². The summed E-state index contributed by atoms with van der Waals surface area (Å²) >= 11 is 5.30. The maximum atomic E-state index is 12.8. The van der Waals surface area contributed by atoms with Gasteiger partial charge in [-0.05, 0) is 57.3 Å². The number of carbonyl (C=O) groups excluding carboxylic acids is 1. The van der Waals surface area contributed by atoms with E-state index in [2.05, 4.69) is 41.4 Å². The maximum Gasteiger partial charge on any atom is 0.246 e. The number of aromatic nitrogens is 3. The van der Waals surface area contributed by atoms with Gasteiger partial charge in [-0.2, -0.15) is 5.10 Å². The Morgan fingerprint density at radius 3 is 2.89 bits per heavy atom. The van der Waals surface area contributed by atoms with E-state index in [-0.39, 0.29) is 11.8 Å². The Morgan fingerprint density at radius 1 is 1.37 bits per heavy atom. The topological polar surface area (TPSA) is 53.9 Å². The van der Waals surface area contributed by atoms with Crippen LogP contribution in [0.1, 0.15) is 50.4 Å². The number of nitrogens with one attached hydrogen (secondary N) is 1. The van der Waals surface area contributed by atoms with E-state index in [0.717, 1.165) is 50.2 Å². The number of allylic oxidation sites excluding steroid dienone is 1. The smallest absolute Gasteiger partial charge is 0.246 e. The summed E-state index contributed by atoms with van der Waals surface area (Å²) in [5.41, 5.74) is 2.43. The number of nitrogens with zero attached hydrogens (tertiary/aromatic N) is 3. The minimum atomic E-state index is 0.113. The van der Waals surface area contributed by atoms with Crippen LogP contribution in [0, 0.1) is 4.77 Å². The lowest BCUT2D eigenvalue weighted by atomic mass is 9.96. The van der Waals surface area contributed by atoms with Crippen LogP contribution in [0.3, 0.4) is 0 Å². The van der Waals surface area contributed by atoms with Gasteiger partial charge in [0.15, 0.2) is 4.77 Å². The molecule has 27 heavy (non-hydrogen) atoms. The Hall–Kier alpha value is -2.21. The fourth-order valence-corrected chi connectivity index (χ4v) is 3.96. The highest BCUT2D eigenvalue weighted by Crippen LogP contribution is 2.26. The highest BCUT2D eigenvalue weighted by molar-refractivity contribution is 7.71. The molecule has 5 nitrogen and oxygen atoms in total. The molecule has 6 heteroatoms. The molecule has 1 saturated heterocycles. The minimum absolute atomic E-state index is 0.113. The fourth-order valence-electron chi connectivity index (χ4n) is 3.70. The van der Waals surface area contributed by atoms with E-state index in [9.17, 15) is 4.79 Å². The average Bonchev–Trinajstić information content (AvgIpc) is 3.07. The Labute approximate surface area is 166 Å². The van der Waals surface area contributed by atoms with Crippen LogP contribution in [-0.2, 0) is 17.8 Å². The molecule has 1 atom stereocenters. The molecule has 1 amide bonds.